The lowest BCUT2D eigenvalue weighted by atomic mass is 10.1. The van der Waals surface area contributed by atoms with E-state index in [0.29, 0.717) is 18.7 Å². The van der Waals surface area contributed by atoms with Crippen LogP contribution in [0, 0.1) is 11.6 Å². The van der Waals surface area contributed by atoms with Crippen LogP contribution in [0.1, 0.15) is 16.8 Å². The summed E-state index contributed by atoms with van der Waals surface area (Å²) in [6, 6.07) is 12.5. The van der Waals surface area contributed by atoms with Gasteiger partial charge in [-0.05, 0) is 61.0 Å². The minimum Gasteiger partial charge on any atom is -0.337 e. The molecule has 0 atom stereocenters. The second-order valence-corrected chi connectivity index (χ2v) is 9.20. The zero-order valence-electron chi connectivity index (χ0n) is 16.6. The summed E-state index contributed by atoms with van der Waals surface area (Å²) in [6.07, 6.45) is 3.87. The van der Waals surface area contributed by atoms with Crippen LogP contribution in [0.3, 0.4) is 0 Å². The van der Waals surface area contributed by atoms with Gasteiger partial charge in [-0.1, -0.05) is 0 Å². The second-order valence-electron chi connectivity index (χ2n) is 7.26. The second kappa shape index (κ2) is 8.60. The van der Waals surface area contributed by atoms with E-state index >= 15 is 0 Å². The molecule has 1 aliphatic rings. The number of sulfonamides is 1. The first-order chi connectivity index (χ1) is 14.9. The summed E-state index contributed by atoms with van der Waals surface area (Å²) < 4.78 is 56.3. The van der Waals surface area contributed by atoms with Crippen LogP contribution in [-0.4, -0.2) is 54.3 Å². The number of aromatic nitrogens is 1. The van der Waals surface area contributed by atoms with E-state index < -0.39 is 21.7 Å². The fourth-order valence-electron chi connectivity index (χ4n) is 3.62. The van der Waals surface area contributed by atoms with Crippen LogP contribution in [0.2, 0.25) is 0 Å². The number of rotatable bonds is 4. The van der Waals surface area contributed by atoms with E-state index in [1.807, 2.05) is 0 Å². The van der Waals surface area contributed by atoms with Crippen molar-refractivity contribution < 1.29 is 22.0 Å². The summed E-state index contributed by atoms with van der Waals surface area (Å²) in [5.74, 6) is -1.38. The maximum atomic E-state index is 14.5. The third-order valence-electron chi connectivity index (χ3n) is 5.27. The van der Waals surface area contributed by atoms with Crippen LogP contribution >= 0.6 is 0 Å². The first kappa shape index (κ1) is 21.2. The van der Waals surface area contributed by atoms with Gasteiger partial charge in [-0.2, -0.15) is 4.31 Å². The largest absolute Gasteiger partial charge is 0.337 e. The Bertz CT molecular complexity index is 1180. The van der Waals surface area contributed by atoms with E-state index in [9.17, 15) is 22.0 Å². The minimum atomic E-state index is -3.79. The van der Waals surface area contributed by atoms with Crippen molar-refractivity contribution in [2.45, 2.75) is 11.3 Å². The van der Waals surface area contributed by atoms with Crippen molar-refractivity contribution in [3.8, 4) is 5.69 Å². The van der Waals surface area contributed by atoms with Crippen molar-refractivity contribution in [2.75, 3.05) is 26.2 Å². The SMILES string of the molecule is O=C(c1ccc(-n2cccc2)c(F)c1)N1CCCN(S(=O)(=O)c2ccc(F)cc2)CC1. The molecule has 1 saturated heterocycles. The molecule has 0 radical (unpaired) electrons. The molecule has 31 heavy (non-hydrogen) atoms. The van der Waals surface area contributed by atoms with Gasteiger partial charge in [0.1, 0.15) is 11.6 Å². The number of halogens is 2. The summed E-state index contributed by atoms with van der Waals surface area (Å²) in [5, 5.41) is 0. The van der Waals surface area contributed by atoms with Gasteiger partial charge in [0, 0.05) is 44.1 Å². The monoisotopic (exact) mass is 445 g/mol. The molecule has 2 heterocycles. The van der Waals surface area contributed by atoms with Gasteiger partial charge in [0.2, 0.25) is 10.0 Å². The molecule has 4 rings (SSSR count). The lowest BCUT2D eigenvalue weighted by Gasteiger charge is -2.22. The highest BCUT2D eigenvalue weighted by Gasteiger charge is 2.28. The molecule has 6 nitrogen and oxygen atoms in total. The van der Waals surface area contributed by atoms with Crippen LogP contribution in [-0.2, 0) is 10.0 Å². The number of amides is 1. The molecule has 0 bridgehead atoms. The molecular weight excluding hydrogens is 424 g/mol. The van der Waals surface area contributed by atoms with Gasteiger partial charge in [0.05, 0.1) is 10.6 Å². The number of carbonyl (C=O) groups excluding carboxylic acids is 1. The number of hydrogen-bond acceptors (Lipinski definition) is 3. The number of benzene rings is 2. The van der Waals surface area contributed by atoms with Gasteiger partial charge < -0.3 is 9.47 Å². The predicted molar refractivity (Wildman–Crippen MR) is 111 cm³/mol. The molecule has 1 aromatic heterocycles. The lowest BCUT2D eigenvalue weighted by Crippen LogP contribution is -2.37. The highest BCUT2D eigenvalue weighted by atomic mass is 32.2. The summed E-state index contributed by atoms with van der Waals surface area (Å²) >= 11 is 0. The normalized spacial score (nSPS) is 15.6. The van der Waals surface area contributed by atoms with E-state index in [1.165, 1.54) is 27.4 Å². The molecule has 0 saturated carbocycles. The Morgan fingerprint density at radius 1 is 0.871 bits per heavy atom. The van der Waals surface area contributed by atoms with Gasteiger partial charge >= 0.3 is 0 Å². The van der Waals surface area contributed by atoms with E-state index in [-0.39, 0.29) is 36.0 Å². The number of hydrogen-bond donors (Lipinski definition) is 0. The van der Waals surface area contributed by atoms with Crippen LogP contribution in [0.25, 0.3) is 5.69 Å². The van der Waals surface area contributed by atoms with Crippen molar-refractivity contribution in [3.63, 3.8) is 0 Å². The van der Waals surface area contributed by atoms with Gasteiger partial charge in [-0.25, -0.2) is 17.2 Å². The highest BCUT2D eigenvalue weighted by molar-refractivity contribution is 7.89. The van der Waals surface area contributed by atoms with Crippen molar-refractivity contribution >= 4 is 15.9 Å². The zero-order chi connectivity index (χ0) is 22.0. The molecule has 162 valence electrons. The molecule has 1 aliphatic heterocycles. The fourth-order valence-corrected chi connectivity index (χ4v) is 5.09. The van der Waals surface area contributed by atoms with E-state index in [4.69, 9.17) is 0 Å². The van der Waals surface area contributed by atoms with E-state index in [2.05, 4.69) is 0 Å². The van der Waals surface area contributed by atoms with Crippen molar-refractivity contribution in [3.05, 3.63) is 84.2 Å². The molecule has 0 spiro atoms. The van der Waals surface area contributed by atoms with Gasteiger partial charge in [0.15, 0.2) is 0 Å². The van der Waals surface area contributed by atoms with E-state index in [0.717, 1.165) is 12.1 Å². The molecular formula is C22H21F2N3O3S. The van der Waals surface area contributed by atoms with Crippen LogP contribution < -0.4 is 0 Å². The lowest BCUT2D eigenvalue weighted by molar-refractivity contribution is 0.0763. The standard InChI is InChI=1S/C22H21F2N3O3S/c23-18-5-7-19(8-6-18)31(29,30)27-13-3-12-26(14-15-27)22(28)17-4-9-21(20(24)16-17)25-10-1-2-11-25/h1-2,4-11,16H,3,12-15H2. The van der Waals surface area contributed by atoms with Gasteiger partial charge in [-0.3, -0.25) is 4.79 Å². The molecule has 9 heteroatoms. The quantitative estimate of drug-likeness (QED) is 0.619. The first-order valence-corrected chi connectivity index (χ1v) is 11.3. The van der Waals surface area contributed by atoms with Crippen molar-refractivity contribution in [1.82, 2.24) is 13.8 Å². The average Bonchev–Trinajstić information content (AvgIpc) is 3.16. The Labute approximate surface area is 179 Å². The summed E-state index contributed by atoms with van der Waals surface area (Å²) in [6.45, 7) is 0.884. The average molecular weight is 445 g/mol. The topological polar surface area (TPSA) is 62.6 Å². The molecule has 0 unspecified atom stereocenters. The highest BCUT2D eigenvalue weighted by Crippen LogP contribution is 2.20. The van der Waals surface area contributed by atoms with E-state index in [1.54, 1.807) is 41.2 Å². The Balaban J connectivity index is 1.48. The molecule has 0 N–H and O–H groups in total. The van der Waals surface area contributed by atoms with Gasteiger partial charge in [0.25, 0.3) is 5.91 Å². The molecule has 1 fully saturated rings. The fraction of sp³-hybridized carbons (Fsp3) is 0.227. The van der Waals surface area contributed by atoms with Crippen LogP contribution in [0.5, 0.6) is 0 Å². The number of carbonyl (C=O) groups is 1. The molecule has 1 amide bonds. The number of nitrogens with zero attached hydrogens (tertiary/aromatic N) is 3. The summed E-state index contributed by atoms with van der Waals surface area (Å²) in [5.41, 5.74) is 0.553. The van der Waals surface area contributed by atoms with Crippen LogP contribution in [0.4, 0.5) is 8.78 Å². The molecule has 2 aromatic carbocycles. The smallest absolute Gasteiger partial charge is 0.254 e. The Morgan fingerprint density at radius 2 is 1.58 bits per heavy atom. The van der Waals surface area contributed by atoms with Gasteiger partial charge in [-0.15, -0.1) is 0 Å². The van der Waals surface area contributed by atoms with Crippen molar-refractivity contribution in [2.24, 2.45) is 0 Å². The molecule has 3 aromatic rings. The predicted octanol–water partition coefficient (Wildman–Crippen LogP) is 3.29. The Kier molecular flexibility index (Phi) is 5.88. The summed E-state index contributed by atoms with van der Waals surface area (Å²) in [7, 11) is -3.79. The molecule has 0 aliphatic carbocycles. The Morgan fingerprint density at radius 3 is 2.26 bits per heavy atom. The third kappa shape index (κ3) is 4.38. The zero-order valence-corrected chi connectivity index (χ0v) is 17.4. The maximum Gasteiger partial charge on any atom is 0.254 e. The third-order valence-corrected chi connectivity index (χ3v) is 7.18. The minimum absolute atomic E-state index is 0.0105. The summed E-state index contributed by atoms with van der Waals surface area (Å²) in [4.78, 5) is 14.5. The first-order valence-electron chi connectivity index (χ1n) is 9.84. The van der Waals surface area contributed by atoms with Crippen LogP contribution in [0.15, 0.2) is 71.9 Å². The Hall–Kier alpha value is -3.04. The van der Waals surface area contributed by atoms with Crippen molar-refractivity contribution in [1.29, 1.82) is 0 Å². The maximum absolute atomic E-state index is 14.5.